The molecule has 1 atom stereocenters. The van der Waals surface area contributed by atoms with E-state index in [4.69, 9.17) is 9.47 Å². The van der Waals surface area contributed by atoms with Crippen LogP contribution in [-0.2, 0) is 9.47 Å². The zero-order valence-electron chi connectivity index (χ0n) is 17.9. The second kappa shape index (κ2) is 9.09. The maximum absolute atomic E-state index is 12.5. The van der Waals surface area contributed by atoms with E-state index in [1.54, 1.807) is 24.9 Å². The third-order valence-corrected chi connectivity index (χ3v) is 5.24. The molecule has 0 radical (unpaired) electrons. The summed E-state index contributed by atoms with van der Waals surface area (Å²) in [4.78, 5) is 30.1. The summed E-state index contributed by atoms with van der Waals surface area (Å²) in [7, 11) is 0. The largest absolute Gasteiger partial charge is 0.448 e. The number of carbonyl (C=O) groups excluding carboxylic acids is 2. The second-order valence-electron chi connectivity index (χ2n) is 7.88. The fourth-order valence-corrected chi connectivity index (χ4v) is 3.74. The third kappa shape index (κ3) is 4.96. The lowest BCUT2D eigenvalue weighted by Crippen LogP contribution is -2.41. The fourth-order valence-electron chi connectivity index (χ4n) is 3.30. The summed E-state index contributed by atoms with van der Waals surface area (Å²) in [5, 5.41) is 6.14. The Balaban J connectivity index is 1.87. The van der Waals surface area contributed by atoms with Crippen molar-refractivity contribution >= 4 is 40.5 Å². The normalized spacial score (nSPS) is 15.8. The molecule has 0 saturated carbocycles. The highest BCUT2D eigenvalue weighted by molar-refractivity contribution is 7.98. The summed E-state index contributed by atoms with van der Waals surface area (Å²) in [6.07, 6.45) is 3.35. The van der Waals surface area contributed by atoms with Crippen LogP contribution >= 0.6 is 11.8 Å². The molecule has 1 aromatic heterocycles. The molecule has 2 N–H and O–H groups in total. The Morgan fingerprint density at radius 1 is 1.33 bits per heavy atom. The molecule has 1 aromatic carbocycles. The molecule has 1 unspecified atom stereocenters. The van der Waals surface area contributed by atoms with Gasteiger partial charge in [-0.15, -0.1) is 11.8 Å². The second-order valence-corrected chi connectivity index (χ2v) is 8.76. The van der Waals surface area contributed by atoms with Gasteiger partial charge in [0.2, 0.25) is 0 Å². The van der Waals surface area contributed by atoms with Gasteiger partial charge in [0, 0.05) is 28.6 Å². The number of thioether (sulfide) groups is 1. The number of pyridine rings is 1. The standard InChI is InChI=1S/C21H28N4O4S/c1-6-28-20(27)25-18-17(15-11-14(30-5)8-7-13(15)12-23-18)16(24-25)9-10-22-19(26)29-21(2,3)4/h7-8,11-12,16,24H,6,9-10H2,1-5H3,(H,22,26). The van der Waals surface area contributed by atoms with Crippen LogP contribution in [0.25, 0.3) is 10.8 Å². The average Bonchev–Trinajstić information content (AvgIpc) is 3.05. The van der Waals surface area contributed by atoms with Gasteiger partial charge in [0.05, 0.1) is 12.6 Å². The summed E-state index contributed by atoms with van der Waals surface area (Å²) < 4.78 is 10.5. The van der Waals surface area contributed by atoms with Gasteiger partial charge in [0.25, 0.3) is 0 Å². The fraction of sp³-hybridized carbons (Fsp3) is 0.476. The summed E-state index contributed by atoms with van der Waals surface area (Å²) in [5.41, 5.74) is 3.55. The van der Waals surface area contributed by atoms with E-state index < -0.39 is 17.8 Å². The lowest BCUT2D eigenvalue weighted by atomic mass is 9.99. The van der Waals surface area contributed by atoms with Crippen molar-refractivity contribution in [2.75, 3.05) is 24.4 Å². The van der Waals surface area contributed by atoms with Crippen LogP contribution in [0.5, 0.6) is 0 Å². The van der Waals surface area contributed by atoms with E-state index in [1.807, 2.05) is 39.2 Å². The molecule has 1 aliphatic heterocycles. The maximum Gasteiger partial charge on any atom is 0.430 e. The predicted molar refractivity (Wildman–Crippen MR) is 118 cm³/mol. The molecular formula is C21H28N4O4S. The molecule has 1 aliphatic rings. The molecule has 2 amide bonds. The van der Waals surface area contributed by atoms with Crippen LogP contribution in [0.15, 0.2) is 29.3 Å². The summed E-state index contributed by atoms with van der Waals surface area (Å²) in [6.45, 7) is 7.86. The zero-order chi connectivity index (χ0) is 21.9. The van der Waals surface area contributed by atoms with E-state index >= 15 is 0 Å². The van der Waals surface area contributed by atoms with Crippen LogP contribution < -0.4 is 15.8 Å². The molecule has 2 aromatic rings. The number of hydrogen-bond donors (Lipinski definition) is 2. The van der Waals surface area contributed by atoms with Crippen LogP contribution in [0, 0.1) is 0 Å². The first-order valence-electron chi connectivity index (χ1n) is 9.90. The van der Waals surface area contributed by atoms with E-state index in [0.29, 0.717) is 18.8 Å². The topological polar surface area (TPSA) is 92.8 Å². The molecule has 0 bridgehead atoms. The van der Waals surface area contributed by atoms with Crippen LogP contribution in [-0.4, -0.2) is 42.2 Å². The van der Waals surface area contributed by atoms with Crippen molar-refractivity contribution in [1.29, 1.82) is 0 Å². The lowest BCUT2D eigenvalue weighted by Gasteiger charge is -2.20. The molecule has 0 saturated heterocycles. The molecule has 162 valence electrons. The Bertz CT molecular complexity index is 944. The number of anilines is 1. The minimum absolute atomic E-state index is 0.215. The van der Waals surface area contributed by atoms with E-state index in [-0.39, 0.29) is 12.6 Å². The number of amides is 2. The lowest BCUT2D eigenvalue weighted by molar-refractivity contribution is 0.0525. The number of benzene rings is 1. The van der Waals surface area contributed by atoms with Gasteiger partial charge in [-0.2, -0.15) is 5.01 Å². The van der Waals surface area contributed by atoms with E-state index in [1.165, 1.54) is 5.01 Å². The SMILES string of the molecule is CCOC(=O)N1NC(CCNC(=O)OC(C)(C)C)c2c1ncc1ccc(SC)cc21. The molecule has 2 heterocycles. The Kier molecular flexibility index (Phi) is 6.72. The number of nitrogens with zero attached hydrogens (tertiary/aromatic N) is 2. The highest BCUT2D eigenvalue weighted by Gasteiger charge is 2.35. The van der Waals surface area contributed by atoms with Gasteiger partial charge < -0.3 is 14.8 Å². The number of fused-ring (bicyclic) bond motifs is 3. The number of alkyl carbamates (subject to hydrolysis) is 1. The highest BCUT2D eigenvalue weighted by Crippen LogP contribution is 2.39. The summed E-state index contributed by atoms with van der Waals surface area (Å²) in [5.74, 6) is 0.529. The third-order valence-electron chi connectivity index (χ3n) is 4.51. The first-order valence-corrected chi connectivity index (χ1v) is 11.1. The number of rotatable bonds is 5. The van der Waals surface area contributed by atoms with Crippen LogP contribution in [0.4, 0.5) is 15.4 Å². The molecule has 9 heteroatoms. The zero-order valence-corrected chi connectivity index (χ0v) is 18.8. The Morgan fingerprint density at radius 2 is 2.10 bits per heavy atom. The van der Waals surface area contributed by atoms with E-state index in [2.05, 4.69) is 21.8 Å². The number of hydrogen-bond acceptors (Lipinski definition) is 7. The molecule has 30 heavy (non-hydrogen) atoms. The van der Waals surface area contributed by atoms with E-state index in [0.717, 1.165) is 21.2 Å². The van der Waals surface area contributed by atoms with Crippen LogP contribution in [0.3, 0.4) is 0 Å². The van der Waals surface area contributed by atoms with Crippen molar-refractivity contribution in [2.24, 2.45) is 0 Å². The smallest absolute Gasteiger partial charge is 0.430 e. The van der Waals surface area contributed by atoms with Gasteiger partial charge in [-0.3, -0.25) is 0 Å². The quantitative estimate of drug-likeness (QED) is 0.677. The molecule has 3 rings (SSSR count). The van der Waals surface area contributed by atoms with Gasteiger partial charge in [-0.1, -0.05) is 6.07 Å². The number of carbonyl (C=O) groups is 2. The van der Waals surface area contributed by atoms with Crippen molar-refractivity contribution in [3.8, 4) is 0 Å². The number of ether oxygens (including phenoxy) is 2. The Hall–Kier alpha value is -2.52. The summed E-state index contributed by atoms with van der Waals surface area (Å²) in [6, 6.07) is 5.96. The maximum atomic E-state index is 12.5. The van der Waals surface area contributed by atoms with Gasteiger partial charge in [-0.25, -0.2) is 20.0 Å². The van der Waals surface area contributed by atoms with Gasteiger partial charge in [0.15, 0.2) is 5.82 Å². The number of hydrazine groups is 1. The monoisotopic (exact) mass is 432 g/mol. The van der Waals surface area contributed by atoms with Crippen molar-refractivity contribution < 1.29 is 19.1 Å². The molecule has 0 fully saturated rings. The summed E-state index contributed by atoms with van der Waals surface area (Å²) >= 11 is 1.65. The van der Waals surface area contributed by atoms with E-state index in [9.17, 15) is 9.59 Å². The van der Waals surface area contributed by atoms with Gasteiger partial charge in [-0.05, 0) is 57.9 Å². The highest BCUT2D eigenvalue weighted by atomic mass is 32.2. The van der Waals surface area contributed by atoms with Crippen molar-refractivity contribution in [2.45, 2.75) is 50.7 Å². The van der Waals surface area contributed by atoms with Crippen molar-refractivity contribution in [1.82, 2.24) is 15.7 Å². The van der Waals surface area contributed by atoms with Gasteiger partial charge in [0.1, 0.15) is 5.60 Å². The minimum Gasteiger partial charge on any atom is -0.448 e. The Morgan fingerprint density at radius 3 is 2.77 bits per heavy atom. The Labute approximate surface area is 180 Å². The number of nitrogens with one attached hydrogen (secondary N) is 2. The van der Waals surface area contributed by atoms with Crippen LogP contribution in [0.1, 0.15) is 45.7 Å². The number of aromatic nitrogens is 1. The minimum atomic E-state index is -0.558. The van der Waals surface area contributed by atoms with Crippen molar-refractivity contribution in [3.63, 3.8) is 0 Å². The molecule has 0 spiro atoms. The molecule has 0 aliphatic carbocycles. The average molecular weight is 433 g/mol. The molecule has 8 nitrogen and oxygen atoms in total. The molecular weight excluding hydrogens is 404 g/mol. The predicted octanol–water partition coefficient (Wildman–Crippen LogP) is 4.39. The first kappa shape index (κ1) is 22.2. The van der Waals surface area contributed by atoms with Crippen LogP contribution in [0.2, 0.25) is 0 Å². The first-order chi connectivity index (χ1) is 14.2. The van der Waals surface area contributed by atoms with Gasteiger partial charge >= 0.3 is 12.2 Å². The van der Waals surface area contributed by atoms with Crippen molar-refractivity contribution in [3.05, 3.63) is 30.0 Å².